The standard InChI is InChI=1S/C15H15BrFNO/c1-19-13-5-2-11(3-6-13)8-9-18-15-7-4-12(17)10-14(15)16/h2-7,10,18H,8-9H2,1H3. The minimum atomic E-state index is -0.243. The largest absolute Gasteiger partial charge is 0.497 e. The van der Waals surface area contributed by atoms with E-state index in [-0.39, 0.29) is 5.82 Å². The monoisotopic (exact) mass is 323 g/mol. The van der Waals surface area contributed by atoms with E-state index in [2.05, 4.69) is 21.2 Å². The molecule has 2 aromatic rings. The van der Waals surface area contributed by atoms with Crippen molar-refractivity contribution >= 4 is 21.6 Å². The first-order valence-corrected chi connectivity index (χ1v) is 6.80. The molecule has 0 fully saturated rings. The molecule has 2 nitrogen and oxygen atoms in total. The lowest BCUT2D eigenvalue weighted by molar-refractivity contribution is 0.414. The molecule has 0 aliphatic heterocycles. The maximum atomic E-state index is 12.9. The van der Waals surface area contributed by atoms with E-state index in [4.69, 9.17) is 4.74 Å². The predicted molar refractivity (Wildman–Crippen MR) is 79.3 cm³/mol. The van der Waals surface area contributed by atoms with Crippen LogP contribution in [0.15, 0.2) is 46.9 Å². The molecule has 0 amide bonds. The minimum Gasteiger partial charge on any atom is -0.497 e. The van der Waals surface area contributed by atoms with E-state index in [1.807, 2.05) is 24.3 Å². The van der Waals surface area contributed by atoms with Gasteiger partial charge in [0.15, 0.2) is 0 Å². The molecule has 4 heteroatoms. The third kappa shape index (κ3) is 3.96. The van der Waals surface area contributed by atoms with Gasteiger partial charge >= 0.3 is 0 Å². The van der Waals surface area contributed by atoms with Crippen LogP contribution in [0.2, 0.25) is 0 Å². The third-order valence-corrected chi connectivity index (χ3v) is 3.48. The zero-order valence-corrected chi connectivity index (χ0v) is 12.2. The van der Waals surface area contributed by atoms with Crippen LogP contribution in [0.5, 0.6) is 5.75 Å². The van der Waals surface area contributed by atoms with Crippen molar-refractivity contribution in [1.82, 2.24) is 0 Å². The first kappa shape index (κ1) is 13.9. The molecule has 0 bridgehead atoms. The second kappa shape index (κ2) is 6.57. The quantitative estimate of drug-likeness (QED) is 0.888. The van der Waals surface area contributed by atoms with Gasteiger partial charge in [0.25, 0.3) is 0 Å². The zero-order chi connectivity index (χ0) is 13.7. The summed E-state index contributed by atoms with van der Waals surface area (Å²) in [6, 6.07) is 12.6. The number of nitrogens with one attached hydrogen (secondary N) is 1. The Kier molecular flexibility index (Phi) is 4.80. The molecule has 100 valence electrons. The van der Waals surface area contributed by atoms with Gasteiger partial charge in [0.1, 0.15) is 11.6 Å². The Hall–Kier alpha value is -1.55. The molecule has 0 atom stereocenters. The van der Waals surface area contributed by atoms with E-state index >= 15 is 0 Å². The Labute approximate surface area is 120 Å². The van der Waals surface area contributed by atoms with E-state index in [0.29, 0.717) is 0 Å². The number of hydrogen-bond donors (Lipinski definition) is 1. The number of benzene rings is 2. The summed E-state index contributed by atoms with van der Waals surface area (Å²) in [7, 11) is 1.66. The molecule has 0 spiro atoms. The van der Waals surface area contributed by atoms with Crippen LogP contribution in [-0.2, 0) is 6.42 Å². The Morgan fingerprint density at radius 2 is 1.89 bits per heavy atom. The molecule has 2 aromatic carbocycles. The second-order valence-electron chi connectivity index (χ2n) is 4.15. The topological polar surface area (TPSA) is 21.3 Å². The highest BCUT2D eigenvalue weighted by Gasteiger charge is 2.01. The number of methoxy groups -OCH3 is 1. The predicted octanol–water partition coefficient (Wildman–Crippen LogP) is 4.25. The average molecular weight is 324 g/mol. The number of rotatable bonds is 5. The Morgan fingerprint density at radius 1 is 1.16 bits per heavy atom. The highest BCUT2D eigenvalue weighted by molar-refractivity contribution is 9.10. The number of hydrogen-bond acceptors (Lipinski definition) is 2. The third-order valence-electron chi connectivity index (χ3n) is 2.82. The lowest BCUT2D eigenvalue weighted by atomic mass is 10.1. The highest BCUT2D eigenvalue weighted by atomic mass is 79.9. The second-order valence-corrected chi connectivity index (χ2v) is 5.00. The van der Waals surface area contributed by atoms with Crippen molar-refractivity contribution in [3.8, 4) is 5.75 Å². The maximum Gasteiger partial charge on any atom is 0.124 e. The number of halogens is 2. The van der Waals surface area contributed by atoms with Crippen molar-refractivity contribution in [3.05, 3.63) is 58.3 Å². The van der Waals surface area contributed by atoms with Gasteiger partial charge in [-0.15, -0.1) is 0 Å². The summed E-state index contributed by atoms with van der Waals surface area (Å²) >= 11 is 3.33. The van der Waals surface area contributed by atoms with Crippen molar-refractivity contribution in [3.63, 3.8) is 0 Å². The minimum absolute atomic E-state index is 0.243. The number of anilines is 1. The van der Waals surface area contributed by atoms with Crippen molar-refractivity contribution < 1.29 is 9.13 Å². The van der Waals surface area contributed by atoms with Gasteiger partial charge in [-0.2, -0.15) is 0 Å². The summed E-state index contributed by atoms with van der Waals surface area (Å²) in [4.78, 5) is 0. The van der Waals surface area contributed by atoms with Gasteiger partial charge < -0.3 is 10.1 Å². The van der Waals surface area contributed by atoms with Crippen LogP contribution in [0.4, 0.5) is 10.1 Å². The summed E-state index contributed by atoms with van der Waals surface area (Å²) in [6.07, 6.45) is 0.897. The summed E-state index contributed by atoms with van der Waals surface area (Å²) in [5.41, 5.74) is 2.13. The fourth-order valence-electron chi connectivity index (χ4n) is 1.77. The molecular weight excluding hydrogens is 309 g/mol. The normalized spacial score (nSPS) is 10.3. The van der Waals surface area contributed by atoms with E-state index in [0.717, 1.165) is 28.9 Å². The van der Waals surface area contributed by atoms with Crippen LogP contribution in [-0.4, -0.2) is 13.7 Å². The molecule has 0 aliphatic carbocycles. The van der Waals surface area contributed by atoms with Gasteiger partial charge in [0.2, 0.25) is 0 Å². The van der Waals surface area contributed by atoms with Gasteiger partial charge in [-0.1, -0.05) is 12.1 Å². The zero-order valence-electron chi connectivity index (χ0n) is 10.6. The van der Waals surface area contributed by atoms with E-state index in [9.17, 15) is 4.39 Å². The Balaban J connectivity index is 1.88. The van der Waals surface area contributed by atoms with Gasteiger partial charge in [-0.3, -0.25) is 0 Å². The fourth-order valence-corrected chi connectivity index (χ4v) is 2.26. The van der Waals surface area contributed by atoms with E-state index < -0.39 is 0 Å². The molecule has 0 radical (unpaired) electrons. The Morgan fingerprint density at radius 3 is 2.53 bits per heavy atom. The molecule has 0 aliphatic rings. The summed E-state index contributed by atoms with van der Waals surface area (Å²) in [6.45, 7) is 0.788. The van der Waals surface area contributed by atoms with Gasteiger partial charge in [-0.05, 0) is 58.2 Å². The summed E-state index contributed by atoms with van der Waals surface area (Å²) < 4.78 is 18.8. The van der Waals surface area contributed by atoms with Crippen LogP contribution in [0.1, 0.15) is 5.56 Å². The molecule has 0 saturated carbocycles. The average Bonchev–Trinajstić information content (AvgIpc) is 2.42. The van der Waals surface area contributed by atoms with E-state index in [1.54, 1.807) is 13.2 Å². The molecular formula is C15H15BrFNO. The lowest BCUT2D eigenvalue weighted by Crippen LogP contribution is -2.05. The molecule has 2 rings (SSSR count). The molecule has 0 unspecified atom stereocenters. The van der Waals surface area contributed by atoms with E-state index in [1.165, 1.54) is 17.7 Å². The molecule has 1 N–H and O–H groups in total. The SMILES string of the molecule is COc1ccc(CCNc2ccc(F)cc2Br)cc1. The molecule has 0 aromatic heterocycles. The smallest absolute Gasteiger partial charge is 0.124 e. The lowest BCUT2D eigenvalue weighted by Gasteiger charge is -2.09. The number of ether oxygens (including phenoxy) is 1. The maximum absolute atomic E-state index is 12.9. The summed E-state index contributed by atoms with van der Waals surface area (Å²) in [5, 5.41) is 3.27. The van der Waals surface area contributed by atoms with Crippen LogP contribution < -0.4 is 10.1 Å². The first-order valence-electron chi connectivity index (χ1n) is 6.01. The van der Waals surface area contributed by atoms with Crippen molar-refractivity contribution in [2.24, 2.45) is 0 Å². The summed E-state index contributed by atoms with van der Waals surface area (Å²) in [5.74, 6) is 0.616. The van der Waals surface area contributed by atoms with Gasteiger partial charge in [-0.25, -0.2) is 4.39 Å². The van der Waals surface area contributed by atoms with Crippen molar-refractivity contribution in [1.29, 1.82) is 0 Å². The first-order chi connectivity index (χ1) is 9.19. The van der Waals surface area contributed by atoms with Gasteiger partial charge in [0.05, 0.1) is 7.11 Å². The van der Waals surface area contributed by atoms with Crippen molar-refractivity contribution in [2.75, 3.05) is 19.0 Å². The highest BCUT2D eigenvalue weighted by Crippen LogP contribution is 2.23. The molecule has 19 heavy (non-hydrogen) atoms. The van der Waals surface area contributed by atoms with Crippen LogP contribution in [0.3, 0.4) is 0 Å². The van der Waals surface area contributed by atoms with Crippen LogP contribution >= 0.6 is 15.9 Å². The molecule has 0 heterocycles. The Bertz CT molecular complexity index is 542. The van der Waals surface area contributed by atoms with Crippen LogP contribution in [0, 0.1) is 5.82 Å². The fraction of sp³-hybridized carbons (Fsp3) is 0.200. The van der Waals surface area contributed by atoms with Gasteiger partial charge in [0, 0.05) is 16.7 Å². The van der Waals surface area contributed by atoms with Crippen molar-refractivity contribution in [2.45, 2.75) is 6.42 Å². The van der Waals surface area contributed by atoms with Crippen LogP contribution in [0.25, 0.3) is 0 Å². The molecule has 0 saturated heterocycles.